The van der Waals surface area contributed by atoms with Gasteiger partial charge < -0.3 is 14.8 Å². The smallest absolute Gasteiger partial charge is 0.277 e. The van der Waals surface area contributed by atoms with Crippen molar-refractivity contribution in [2.45, 2.75) is 5.22 Å². The number of aromatic hydroxyl groups is 1. The molecule has 0 aliphatic heterocycles. The predicted molar refractivity (Wildman–Crippen MR) is 85.0 cm³/mol. The van der Waals surface area contributed by atoms with E-state index in [1.807, 2.05) is 0 Å². The minimum atomic E-state index is -0.210. The van der Waals surface area contributed by atoms with Gasteiger partial charge in [-0.2, -0.15) is 0 Å². The molecule has 0 bridgehead atoms. The summed E-state index contributed by atoms with van der Waals surface area (Å²) in [5.41, 5.74) is 0.695. The van der Waals surface area contributed by atoms with Crippen LogP contribution in [0.3, 0.4) is 0 Å². The molecule has 0 aliphatic carbocycles. The Bertz CT molecular complexity index is 790. The number of aromatic nitrogens is 3. The van der Waals surface area contributed by atoms with Crippen molar-refractivity contribution in [3.8, 4) is 17.2 Å². The van der Waals surface area contributed by atoms with E-state index in [9.17, 15) is 9.90 Å². The molecule has 3 aromatic rings. The van der Waals surface area contributed by atoms with Crippen LogP contribution in [-0.4, -0.2) is 31.9 Å². The summed E-state index contributed by atoms with van der Waals surface area (Å²) in [7, 11) is 0. The topological polar surface area (TPSA) is 101 Å². The molecule has 1 amide bonds. The van der Waals surface area contributed by atoms with Gasteiger partial charge in [-0.05, 0) is 36.4 Å². The maximum atomic E-state index is 11.8. The molecule has 2 heterocycles. The van der Waals surface area contributed by atoms with Crippen molar-refractivity contribution >= 4 is 23.5 Å². The Morgan fingerprint density at radius 1 is 1.17 bits per heavy atom. The summed E-state index contributed by atoms with van der Waals surface area (Å²) in [6.45, 7) is 0. The van der Waals surface area contributed by atoms with Crippen LogP contribution in [0.15, 0.2) is 58.3 Å². The lowest BCUT2D eigenvalue weighted by molar-refractivity contribution is -0.113. The Hall–Kier alpha value is -2.87. The monoisotopic (exact) mass is 328 g/mol. The molecular weight excluding hydrogens is 316 g/mol. The summed E-state index contributed by atoms with van der Waals surface area (Å²) in [6.07, 6.45) is 1.60. The Morgan fingerprint density at radius 3 is 2.74 bits per heavy atom. The molecular formula is C15H12N4O3S. The average molecular weight is 328 g/mol. The average Bonchev–Trinajstić information content (AvgIpc) is 3.04. The van der Waals surface area contributed by atoms with Crippen LogP contribution in [-0.2, 0) is 4.79 Å². The highest BCUT2D eigenvalue weighted by Gasteiger charge is 2.11. The second-order valence-corrected chi connectivity index (χ2v) is 5.40. The number of phenols is 1. The van der Waals surface area contributed by atoms with Crippen LogP contribution in [0, 0.1) is 0 Å². The number of rotatable bonds is 5. The molecule has 0 unspecified atom stereocenters. The van der Waals surface area contributed by atoms with Crippen LogP contribution in [0.2, 0.25) is 0 Å². The number of hydrogen-bond donors (Lipinski definition) is 2. The van der Waals surface area contributed by atoms with Crippen molar-refractivity contribution in [3.63, 3.8) is 0 Å². The van der Waals surface area contributed by atoms with Gasteiger partial charge in [-0.25, -0.2) is 4.98 Å². The van der Waals surface area contributed by atoms with Crippen LogP contribution in [0.1, 0.15) is 0 Å². The van der Waals surface area contributed by atoms with Gasteiger partial charge in [0, 0.05) is 11.8 Å². The van der Waals surface area contributed by atoms with Gasteiger partial charge in [-0.1, -0.05) is 17.8 Å². The Labute approximate surface area is 135 Å². The minimum absolute atomic E-state index is 0.133. The lowest BCUT2D eigenvalue weighted by atomic mass is 10.2. The Morgan fingerprint density at radius 2 is 2.00 bits per heavy atom. The molecule has 0 atom stereocenters. The van der Waals surface area contributed by atoms with Gasteiger partial charge in [-0.15, -0.1) is 10.2 Å². The van der Waals surface area contributed by atoms with Crippen molar-refractivity contribution in [1.29, 1.82) is 0 Å². The molecule has 2 aromatic heterocycles. The maximum absolute atomic E-state index is 11.8. The quantitative estimate of drug-likeness (QED) is 0.694. The van der Waals surface area contributed by atoms with Crippen molar-refractivity contribution in [2.75, 3.05) is 11.1 Å². The number of carbonyl (C=O) groups excluding carboxylic acids is 1. The molecule has 0 fully saturated rings. The van der Waals surface area contributed by atoms with E-state index < -0.39 is 0 Å². The number of thioether (sulfide) groups is 1. The third-order valence-electron chi connectivity index (χ3n) is 2.78. The zero-order chi connectivity index (χ0) is 16.1. The molecule has 1 aromatic carbocycles. The molecule has 116 valence electrons. The van der Waals surface area contributed by atoms with E-state index in [2.05, 4.69) is 20.5 Å². The fraction of sp³-hybridized carbons (Fsp3) is 0.0667. The molecule has 0 radical (unpaired) electrons. The van der Waals surface area contributed by atoms with Crippen molar-refractivity contribution < 1.29 is 14.3 Å². The summed E-state index contributed by atoms with van der Waals surface area (Å²) in [6, 6.07) is 11.7. The van der Waals surface area contributed by atoms with E-state index in [0.717, 1.165) is 11.8 Å². The van der Waals surface area contributed by atoms with Gasteiger partial charge in [0.1, 0.15) is 11.6 Å². The summed E-state index contributed by atoms with van der Waals surface area (Å²) >= 11 is 1.14. The summed E-state index contributed by atoms with van der Waals surface area (Å²) in [5.74, 6) is 0.909. The Balaban J connectivity index is 1.57. The summed E-state index contributed by atoms with van der Waals surface area (Å²) in [5, 5.41) is 20.0. The molecule has 8 heteroatoms. The zero-order valence-electron chi connectivity index (χ0n) is 11.8. The molecule has 0 saturated carbocycles. The number of amides is 1. The number of benzene rings is 1. The van der Waals surface area contributed by atoms with Gasteiger partial charge in [-0.3, -0.25) is 4.79 Å². The fourth-order valence-corrected chi connectivity index (χ4v) is 2.29. The zero-order valence-corrected chi connectivity index (χ0v) is 12.7. The van der Waals surface area contributed by atoms with E-state index in [1.54, 1.807) is 36.5 Å². The molecule has 23 heavy (non-hydrogen) atoms. The highest BCUT2D eigenvalue weighted by molar-refractivity contribution is 7.99. The molecule has 3 rings (SSSR count). The second-order valence-electron chi connectivity index (χ2n) is 4.47. The molecule has 0 saturated heterocycles. The van der Waals surface area contributed by atoms with E-state index in [0.29, 0.717) is 22.5 Å². The highest BCUT2D eigenvalue weighted by atomic mass is 32.2. The Kier molecular flexibility index (Phi) is 4.53. The van der Waals surface area contributed by atoms with E-state index >= 15 is 0 Å². The minimum Gasteiger partial charge on any atom is -0.508 e. The summed E-state index contributed by atoms with van der Waals surface area (Å²) < 4.78 is 5.47. The third kappa shape index (κ3) is 4.07. The van der Waals surface area contributed by atoms with E-state index in [4.69, 9.17) is 4.42 Å². The standard InChI is InChI=1S/C15H12N4O3S/c20-11-6-4-10(5-7-11)14-18-19-15(22-14)23-9-13(21)17-12-3-1-2-8-16-12/h1-8,20H,9H2,(H,16,17,21). The van der Waals surface area contributed by atoms with Gasteiger partial charge >= 0.3 is 0 Å². The number of nitrogens with one attached hydrogen (secondary N) is 1. The maximum Gasteiger partial charge on any atom is 0.277 e. The molecule has 0 aliphatic rings. The largest absolute Gasteiger partial charge is 0.508 e. The predicted octanol–water partition coefficient (Wildman–Crippen LogP) is 2.57. The number of pyridine rings is 1. The van der Waals surface area contributed by atoms with Crippen LogP contribution in [0.4, 0.5) is 5.82 Å². The normalized spacial score (nSPS) is 10.4. The molecule has 0 spiro atoms. The fourth-order valence-electron chi connectivity index (χ4n) is 1.73. The number of hydrogen-bond acceptors (Lipinski definition) is 7. The van der Waals surface area contributed by atoms with Crippen molar-refractivity contribution in [2.24, 2.45) is 0 Å². The summed E-state index contributed by atoms with van der Waals surface area (Å²) in [4.78, 5) is 15.8. The highest BCUT2D eigenvalue weighted by Crippen LogP contribution is 2.24. The SMILES string of the molecule is O=C(CSc1nnc(-c2ccc(O)cc2)o1)Nc1ccccn1. The van der Waals surface area contributed by atoms with E-state index in [1.165, 1.54) is 12.1 Å². The first kappa shape index (κ1) is 15.0. The lowest BCUT2D eigenvalue weighted by Gasteiger charge is -2.01. The first-order valence-electron chi connectivity index (χ1n) is 6.67. The van der Waals surface area contributed by atoms with E-state index in [-0.39, 0.29) is 17.4 Å². The molecule has 2 N–H and O–H groups in total. The van der Waals surface area contributed by atoms with Crippen LogP contribution < -0.4 is 5.32 Å². The van der Waals surface area contributed by atoms with Crippen molar-refractivity contribution in [1.82, 2.24) is 15.2 Å². The molecule has 7 nitrogen and oxygen atoms in total. The second kappa shape index (κ2) is 6.93. The number of phenolic OH excluding ortho intramolecular Hbond substituents is 1. The first-order chi connectivity index (χ1) is 11.2. The third-order valence-corrected chi connectivity index (χ3v) is 3.60. The van der Waals surface area contributed by atoms with Crippen LogP contribution >= 0.6 is 11.8 Å². The van der Waals surface area contributed by atoms with Gasteiger partial charge in [0.05, 0.1) is 5.75 Å². The van der Waals surface area contributed by atoms with Crippen LogP contribution in [0.25, 0.3) is 11.5 Å². The first-order valence-corrected chi connectivity index (χ1v) is 7.66. The van der Waals surface area contributed by atoms with Crippen molar-refractivity contribution in [3.05, 3.63) is 48.7 Å². The number of carbonyl (C=O) groups is 1. The van der Waals surface area contributed by atoms with Gasteiger partial charge in [0.25, 0.3) is 5.22 Å². The number of nitrogens with zero attached hydrogens (tertiary/aromatic N) is 3. The van der Waals surface area contributed by atoms with Gasteiger partial charge in [0.15, 0.2) is 0 Å². The lowest BCUT2D eigenvalue weighted by Crippen LogP contribution is -2.14. The van der Waals surface area contributed by atoms with Crippen LogP contribution in [0.5, 0.6) is 5.75 Å². The van der Waals surface area contributed by atoms with Gasteiger partial charge in [0.2, 0.25) is 11.8 Å². The number of anilines is 1.